The summed E-state index contributed by atoms with van der Waals surface area (Å²) in [5.74, 6) is -1.05. The number of nitrogens with two attached hydrogens (primary N) is 1. The van der Waals surface area contributed by atoms with Crippen molar-refractivity contribution in [2.24, 2.45) is 5.14 Å². The van der Waals surface area contributed by atoms with Crippen LogP contribution in [-0.4, -0.2) is 29.5 Å². The van der Waals surface area contributed by atoms with E-state index in [0.29, 0.717) is 11.4 Å². The summed E-state index contributed by atoms with van der Waals surface area (Å²) in [5.41, 5.74) is 2.65. The summed E-state index contributed by atoms with van der Waals surface area (Å²) in [7, 11) is -3.59. The molecule has 3 aromatic rings. The number of carboxylic acid groups (broad SMARTS) is 1. The van der Waals surface area contributed by atoms with E-state index in [-0.39, 0.29) is 17.9 Å². The molecule has 152 valence electrons. The summed E-state index contributed by atoms with van der Waals surface area (Å²) < 4.78 is 36.0. The van der Waals surface area contributed by atoms with E-state index in [9.17, 15) is 17.6 Å². The largest absolute Gasteiger partial charge is 0.478 e. The van der Waals surface area contributed by atoms with Crippen molar-refractivity contribution >= 4 is 16.2 Å². The first-order valence-electron chi connectivity index (χ1n) is 8.28. The smallest absolute Gasteiger partial charge is 0.338 e. The maximum atomic E-state index is 12.7. The van der Waals surface area contributed by atoms with Gasteiger partial charge in [0.2, 0.25) is 0 Å². The Balaban J connectivity index is 0.000000212. The van der Waals surface area contributed by atoms with Crippen molar-refractivity contribution < 1.29 is 22.7 Å². The highest BCUT2D eigenvalue weighted by Gasteiger charge is 2.05. The minimum absolute atomic E-state index is 0.0193. The zero-order chi connectivity index (χ0) is 21.4. The van der Waals surface area contributed by atoms with Crippen LogP contribution in [0.15, 0.2) is 60.9 Å². The highest BCUT2D eigenvalue weighted by Crippen LogP contribution is 2.14. The van der Waals surface area contributed by atoms with Gasteiger partial charge in [-0.05, 0) is 36.8 Å². The van der Waals surface area contributed by atoms with E-state index in [4.69, 9.17) is 10.2 Å². The van der Waals surface area contributed by atoms with Gasteiger partial charge in [0.1, 0.15) is 5.82 Å². The predicted molar refractivity (Wildman–Crippen MR) is 106 cm³/mol. The zero-order valence-corrected chi connectivity index (χ0v) is 16.2. The third kappa shape index (κ3) is 7.74. The fourth-order valence-corrected chi connectivity index (χ4v) is 2.56. The molecule has 29 heavy (non-hydrogen) atoms. The fourth-order valence-electron chi connectivity index (χ4n) is 2.19. The molecule has 8 nitrogen and oxygen atoms in total. The summed E-state index contributed by atoms with van der Waals surface area (Å²) in [5, 5.41) is 13.4. The molecule has 0 saturated carbocycles. The Labute approximate surface area is 167 Å². The number of aromatic carboxylic acids is 1. The molecule has 0 radical (unpaired) electrons. The van der Waals surface area contributed by atoms with Gasteiger partial charge in [-0.2, -0.15) is 13.1 Å². The highest BCUT2D eigenvalue weighted by atomic mass is 32.2. The number of nitrogens with zero attached hydrogens (tertiary/aromatic N) is 2. The second-order valence-electron chi connectivity index (χ2n) is 5.96. The summed E-state index contributed by atoms with van der Waals surface area (Å²) >= 11 is 0. The van der Waals surface area contributed by atoms with Crippen LogP contribution >= 0.6 is 0 Å². The molecule has 0 bridgehead atoms. The van der Waals surface area contributed by atoms with Crippen molar-refractivity contribution in [2.75, 3.05) is 0 Å². The zero-order valence-electron chi connectivity index (χ0n) is 15.4. The molecule has 0 unspecified atom stereocenters. The first-order valence-corrected chi connectivity index (χ1v) is 9.83. The lowest BCUT2D eigenvalue weighted by molar-refractivity contribution is 0.0696. The third-order valence-corrected chi connectivity index (χ3v) is 4.11. The van der Waals surface area contributed by atoms with Crippen molar-refractivity contribution in [3.8, 4) is 11.4 Å². The van der Waals surface area contributed by atoms with Crippen LogP contribution in [0.5, 0.6) is 0 Å². The average molecular weight is 418 g/mol. The molecule has 4 N–H and O–H groups in total. The van der Waals surface area contributed by atoms with Crippen LogP contribution in [0, 0.1) is 12.7 Å². The normalized spacial score (nSPS) is 10.7. The van der Waals surface area contributed by atoms with Crippen LogP contribution in [-0.2, 0) is 16.8 Å². The molecule has 0 atom stereocenters. The number of hydrogen-bond acceptors (Lipinski definition) is 5. The van der Waals surface area contributed by atoms with E-state index in [1.54, 1.807) is 0 Å². The van der Waals surface area contributed by atoms with Crippen molar-refractivity contribution in [1.29, 1.82) is 0 Å². The number of rotatable bonds is 5. The van der Waals surface area contributed by atoms with Crippen LogP contribution in [0.3, 0.4) is 0 Å². The molecule has 0 spiro atoms. The SMILES string of the molecule is Cc1cccc(CNS(N)(=O)=O)c1.O=C(O)c1cnc(-c2ccc(F)cc2)nc1. The van der Waals surface area contributed by atoms with E-state index >= 15 is 0 Å². The summed E-state index contributed by atoms with van der Waals surface area (Å²) in [6.07, 6.45) is 2.43. The number of benzene rings is 2. The molecule has 0 aliphatic carbocycles. The topological polar surface area (TPSA) is 135 Å². The second-order valence-corrected chi connectivity index (χ2v) is 7.34. The number of halogens is 1. The monoisotopic (exact) mass is 418 g/mol. The molecule has 0 saturated heterocycles. The maximum Gasteiger partial charge on any atom is 0.338 e. The van der Waals surface area contributed by atoms with E-state index in [1.165, 1.54) is 36.7 Å². The Kier molecular flexibility index (Phi) is 7.48. The Morgan fingerprint density at radius 3 is 2.28 bits per heavy atom. The third-order valence-electron chi connectivity index (χ3n) is 3.56. The van der Waals surface area contributed by atoms with Crippen molar-refractivity contribution in [1.82, 2.24) is 14.7 Å². The standard InChI is InChI=1S/C11H7FN2O2.C8H12N2O2S/c12-9-3-1-7(2-4-9)10-13-5-8(6-14-10)11(15)16;1-7-3-2-4-8(5-7)6-10-13(9,11)12/h1-6H,(H,15,16);2-5,10H,6H2,1H3,(H2,9,11,12). The van der Waals surface area contributed by atoms with Gasteiger partial charge in [0.15, 0.2) is 5.82 Å². The molecule has 0 amide bonds. The quantitative estimate of drug-likeness (QED) is 0.582. The molecule has 0 aliphatic heterocycles. The van der Waals surface area contributed by atoms with Gasteiger partial charge < -0.3 is 5.11 Å². The molecule has 3 rings (SSSR count). The number of nitrogens with one attached hydrogen (secondary N) is 1. The van der Waals surface area contributed by atoms with E-state index in [2.05, 4.69) is 14.7 Å². The Hall–Kier alpha value is -3.21. The lowest BCUT2D eigenvalue weighted by Gasteiger charge is -2.02. The molecular weight excluding hydrogens is 399 g/mol. The molecule has 2 aromatic carbocycles. The summed E-state index contributed by atoms with van der Waals surface area (Å²) in [6, 6.07) is 13.2. The first-order chi connectivity index (χ1) is 13.6. The molecular formula is C19H19FN4O4S. The van der Waals surface area contributed by atoms with E-state index < -0.39 is 16.2 Å². The number of aryl methyl sites for hydroxylation is 1. The van der Waals surface area contributed by atoms with Crippen molar-refractivity contribution in [3.63, 3.8) is 0 Å². The van der Waals surface area contributed by atoms with Crippen LogP contribution in [0.25, 0.3) is 11.4 Å². The van der Waals surface area contributed by atoms with Crippen molar-refractivity contribution in [2.45, 2.75) is 13.5 Å². The number of carbonyl (C=O) groups is 1. The first kappa shape index (κ1) is 22.1. The average Bonchev–Trinajstić information content (AvgIpc) is 2.67. The maximum absolute atomic E-state index is 12.7. The van der Waals surface area contributed by atoms with Gasteiger partial charge in [-0.3, -0.25) is 0 Å². The Morgan fingerprint density at radius 1 is 1.14 bits per heavy atom. The van der Waals surface area contributed by atoms with Gasteiger partial charge in [-0.25, -0.2) is 24.3 Å². The van der Waals surface area contributed by atoms with E-state index in [1.807, 2.05) is 31.2 Å². The molecule has 0 fully saturated rings. The fraction of sp³-hybridized carbons (Fsp3) is 0.105. The van der Waals surface area contributed by atoms with Gasteiger partial charge in [0.25, 0.3) is 10.2 Å². The molecule has 10 heteroatoms. The van der Waals surface area contributed by atoms with Gasteiger partial charge in [-0.15, -0.1) is 0 Å². The van der Waals surface area contributed by atoms with Crippen molar-refractivity contribution in [3.05, 3.63) is 83.4 Å². The summed E-state index contributed by atoms with van der Waals surface area (Å²) in [6.45, 7) is 2.18. The molecule has 1 heterocycles. The number of carboxylic acids is 1. The number of aromatic nitrogens is 2. The number of hydrogen-bond donors (Lipinski definition) is 3. The molecule has 0 aliphatic rings. The summed E-state index contributed by atoms with van der Waals surface area (Å²) in [4.78, 5) is 18.3. The van der Waals surface area contributed by atoms with Gasteiger partial charge in [-0.1, -0.05) is 29.8 Å². The predicted octanol–water partition coefficient (Wildman–Crippen LogP) is 2.27. The van der Waals surface area contributed by atoms with Gasteiger partial charge >= 0.3 is 5.97 Å². The highest BCUT2D eigenvalue weighted by molar-refractivity contribution is 7.87. The minimum atomic E-state index is -3.59. The van der Waals surface area contributed by atoms with Crippen LogP contribution in [0.4, 0.5) is 4.39 Å². The van der Waals surface area contributed by atoms with E-state index in [0.717, 1.165) is 11.1 Å². The Morgan fingerprint density at radius 2 is 1.76 bits per heavy atom. The van der Waals surface area contributed by atoms with Gasteiger partial charge in [0.05, 0.1) is 5.56 Å². The lowest BCUT2D eigenvalue weighted by Crippen LogP contribution is -2.30. The molecule has 1 aromatic heterocycles. The minimum Gasteiger partial charge on any atom is -0.478 e. The Bertz CT molecular complexity index is 1070. The van der Waals surface area contributed by atoms with Gasteiger partial charge in [0, 0.05) is 24.5 Å². The second kappa shape index (κ2) is 9.82. The lowest BCUT2D eigenvalue weighted by atomic mass is 10.1. The van der Waals surface area contributed by atoms with Crippen LogP contribution in [0.2, 0.25) is 0 Å². The van der Waals surface area contributed by atoms with Crippen LogP contribution < -0.4 is 9.86 Å². The van der Waals surface area contributed by atoms with Crippen LogP contribution in [0.1, 0.15) is 21.5 Å².